The van der Waals surface area contributed by atoms with Crippen LogP contribution in [0.25, 0.3) is 0 Å². The van der Waals surface area contributed by atoms with Gasteiger partial charge in [0.1, 0.15) is 5.78 Å². The van der Waals surface area contributed by atoms with Crippen molar-refractivity contribution < 1.29 is 4.79 Å². The Labute approximate surface area is 77.1 Å². The number of nitrogens with zero attached hydrogens (tertiary/aromatic N) is 4. The monoisotopic (exact) mass is 182 g/mol. The van der Waals surface area contributed by atoms with E-state index in [4.69, 9.17) is 0 Å². The maximum absolute atomic E-state index is 11.5. The van der Waals surface area contributed by atoms with E-state index in [-0.39, 0.29) is 17.6 Å². The number of aryl methyl sites for hydroxylation is 1. The maximum atomic E-state index is 11.5. The first-order valence-corrected chi connectivity index (χ1v) is 4.16. The van der Waals surface area contributed by atoms with Gasteiger partial charge in [-0.1, -0.05) is 20.8 Å². The van der Waals surface area contributed by atoms with Crippen molar-refractivity contribution in [3.63, 3.8) is 0 Å². The highest BCUT2D eigenvalue weighted by molar-refractivity contribution is 5.84. The van der Waals surface area contributed by atoms with E-state index in [1.807, 2.05) is 20.8 Å². The highest BCUT2D eigenvalue weighted by atomic mass is 16.1. The summed E-state index contributed by atoms with van der Waals surface area (Å²) >= 11 is 0. The Balaban J connectivity index is 2.65. The van der Waals surface area contributed by atoms with Crippen LogP contribution in [0.15, 0.2) is 0 Å². The average molecular weight is 182 g/mol. The summed E-state index contributed by atoms with van der Waals surface area (Å²) in [5.41, 5.74) is -0.334. The molecule has 0 fully saturated rings. The second kappa shape index (κ2) is 3.24. The van der Waals surface area contributed by atoms with E-state index in [0.29, 0.717) is 5.82 Å². The van der Waals surface area contributed by atoms with Crippen LogP contribution >= 0.6 is 0 Å². The Morgan fingerprint density at radius 3 is 2.46 bits per heavy atom. The lowest BCUT2D eigenvalue weighted by Crippen LogP contribution is -2.22. The van der Waals surface area contributed by atoms with Crippen LogP contribution in [0, 0.1) is 5.41 Å². The number of rotatable bonds is 2. The van der Waals surface area contributed by atoms with Crippen LogP contribution in [0.1, 0.15) is 26.6 Å². The molecule has 1 aromatic heterocycles. The fourth-order valence-corrected chi connectivity index (χ4v) is 0.803. The Morgan fingerprint density at radius 2 is 2.08 bits per heavy atom. The van der Waals surface area contributed by atoms with Gasteiger partial charge in [0, 0.05) is 5.41 Å². The van der Waals surface area contributed by atoms with Gasteiger partial charge in [-0.15, -0.1) is 10.2 Å². The zero-order chi connectivity index (χ0) is 10.1. The van der Waals surface area contributed by atoms with Crippen LogP contribution in [-0.4, -0.2) is 26.0 Å². The molecule has 0 saturated carbocycles. The predicted octanol–water partition coefficient (Wildman–Crippen LogP) is 0.368. The van der Waals surface area contributed by atoms with Crippen LogP contribution in [0.2, 0.25) is 0 Å². The highest BCUT2D eigenvalue weighted by Crippen LogP contribution is 2.16. The van der Waals surface area contributed by atoms with Gasteiger partial charge in [0.05, 0.1) is 13.5 Å². The summed E-state index contributed by atoms with van der Waals surface area (Å²) in [7, 11) is 1.68. The summed E-state index contributed by atoms with van der Waals surface area (Å²) in [6, 6.07) is 0. The first-order chi connectivity index (χ1) is 5.89. The van der Waals surface area contributed by atoms with Gasteiger partial charge in [-0.25, -0.2) is 0 Å². The molecule has 0 radical (unpaired) electrons. The lowest BCUT2D eigenvalue weighted by atomic mass is 9.89. The van der Waals surface area contributed by atoms with E-state index in [0.717, 1.165) is 0 Å². The third-order valence-electron chi connectivity index (χ3n) is 1.70. The lowest BCUT2D eigenvalue weighted by molar-refractivity contribution is -0.125. The molecule has 0 atom stereocenters. The molecule has 1 aromatic rings. The molecule has 0 amide bonds. The minimum Gasteiger partial charge on any atom is -0.299 e. The van der Waals surface area contributed by atoms with E-state index in [1.165, 1.54) is 4.80 Å². The van der Waals surface area contributed by atoms with Crippen molar-refractivity contribution in [3.8, 4) is 0 Å². The Kier molecular flexibility index (Phi) is 2.45. The minimum absolute atomic E-state index is 0.125. The number of tetrazole rings is 1. The topological polar surface area (TPSA) is 60.7 Å². The summed E-state index contributed by atoms with van der Waals surface area (Å²) in [4.78, 5) is 12.9. The van der Waals surface area contributed by atoms with Crippen LogP contribution in [0.3, 0.4) is 0 Å². The van der Waals surface area contributed by atoms with Crippen LogP contribution in [-0.2, 0) is 18.3 Å². The Hall–Kier alpha value is -1.26. The number of carbonyl (C=O) groups is 1. The summed E-state index contributed by atoms with van der Waals surface area (Å²) < 4.78 is 0. The van der Waals surface area contributed by atoms with E-state index >= 15 is 0 Å². The summed E-state index contributed by atoms with van der Waals surface area (Å²) in [5.74, 6) is 0.614. The lowest BCUT2D eigenvalue weighted by Gasteiger charge is -2.14. The smallest absolute Gasteiger partial charge is 0.182 e. The van der Waals surface area contributed by atoms with Gasteiger partial charge in [-0.2, -0.15) is 4.80 Å². The molecule has 1 rings (SSSR count). The molecule has 0 spiro atoms. The first-order valence-electron chi connectivity index (χ1n) is 4.16. The van der Waals surface area contributed by atoms with Crippen molar-refractivity contribution in [2.24, 2.45) is 12.5 Å². The molecule has 5 nitrogen and oxygen atoms in total. The second-order valence-electron chi connectivity index (χ2n) is 4.05. The molecule has 0 N–H and O–H groups in total. The molecule has 72 valence electrons. The average Bonchev–Trinajstić information content (AvgIpc) is 2.33. The van der Waals surface area contributed by atoms with Crippen molar-refractivity contribution in [2.75, 3.05) is 0 Å². The predicted molar refractivity (Wildman–Crippen MR) is 47.0 cm³/mol. The molecule has 0 saturated heterocycles. The number of aromatic nitrogens is 4. The largest absolute Gasteiger partial charge is 0.299 e. The quantitative estimate of drug-likeness (QED) is 0.663. The van der Waals surface area contributed by atoms with Crippen molar-refractivity contribution in [1.29, 1.82) is 0 Å². The zero-order valence-electron chi connectivity index (χ0n) is 8.40. The molecular formula is C8H14N4O. The number of carbonyl (C=O) groups excluding carboxylic acids is 1. The fourth-order valence-electron chi connectivity index (χ4n) is 0.803. The van der Waals surface area contributed by atoms with Gasteiger partial charge in [-0.3, -0.25) is 4.79 Å². The van der Waals surface area contributed by atoms with Gasteiger partial charge in [0.25, 0.3) is 0 Å². The van der Waals surface area contributed by atoms with E-state index in [1.54, 1.807) is 7.05 Å². The van der Waals surface area contributed by atoms with Crippen molar-refractivity contribution in [1.82, 2.24) is 20.2 Å². The Bertz CT molecular complexity index is 310. The van der Waals surface area contributed by atoms with Crippen LogP contribution in [0.4, 0.5) is 0 Å². The molecule has 0 aliphatic heterocycles. The summed E-state index contributed by atoms with van der Waals surface area (Å²) in [6.07, 6.45) is 0.261. The Morgan fingerprint density at radius 1 is 1.46 bits per heavy atom. The van der Waals surface area contributed by atoms with E-state index < -0.39 is 0 Å². The van der Waals surface area contributed by atoms with Gasteiger partial charge in [-0.05, 0) is 5.21 Å². The molecule has 5 heteroatoms. The highest BCUT2D eigenvalue weighted by Gasteiger charge is 2.22. The number of hydrogen-bond acceptors (Lipinski definition) is 4. The fraction of sp³-hybridized carbons (Fsp3) is 0.750. The van der Waals surface area contributed by atoms with Gasteiger partial charge >= 0.3 is 0 Å². The van der Waals surface area contributed by atoms with Gasteiger partial charge in [0.15, 0.2) is 5.82 Å². The van der Waals surface area contributed by atoms with Crippen molar-refractivity contribution in [2.45, 2.75) is 27.2 Å². The van der Waals surface area contributed by atoms with Crippen LogP contribution < -0.4 is 0 Å². The second-order valence-corrected chi connectivity index (χ2v) is 4.05. The molecule has 0 aliphatic carbocycles. The SMILES string of the molecule is Cn1nnc(CC(=O)C(C)(C)C)n1. The molecular weight excluding hydrogens is 168 g/mol. The minimum atomic E-state index is -0.334. The number of ketones is 1. The molecule has 13 heavy (non-hydrogen) atoms. The third-order valence-corrected chi connectivity index (χ3v) is 1.70. The molecule has 0 aliphatic rings. The summed E-state index contributed by atoms with van der Waals surface area (Å²) in [5, 5.41) is 11.3. The van der Waals surface area contributed by atoms with Gasteiger partial charge < -0.3 is 0 Å². The number of hydrogen-bond donors (Lipinski definition) is 0. The van der Waals surface area contributed by atoms with Crippen molar-refractivity contribution >= 4 is 5.78 Å². The van der Waals surface area contributed by atoms with Crippen LogP contribution in [0.5, 0.6) is 0 Å². The van der Waals surface area contributed by atoms with E-state index in [2.05, 4.69) is 15.4 Å². The molecule has 0 unspecified atom stereocenters. The summed E-state index contributed by atoms with van der Waals surface area (Å²) in [6.45, 7) is 5.64. The maximum Gasteiger partial charge on any atom is 0.182 e. The standard InChI is InChI=1S/C8H14N4O/c1-8(2,3)6(13)5-7-9-11-12(4)10-7/h5H2,1-4H3. The first kappa shape index (κ1) is 9.83. The molecule has 0 bridgehead atoms. The zero-order valence-corrected chi connectivity index (χ0v) is 8.40. The van der Waals surface area contributed by atoms with Gasteiger partial charge in [0.2, 0.25) is 0 Å². The molecule has 1 heterocycles. The van der Waals surface area contributed by atoms with E-state index in [9.17, 15) is 4.79 Å². The third kappa shape index (κ3) is 2.61. The normalized spacial score (nSPS) is 11.7. The molecule has 0 aromatic carbocycles. The van der Waals surface area contributed by atoms with Crippen molar-refractivity contribution in [3.05, 3.63) is 5.82 Å². The number of Topliss-reactive ketones (excluding diaryl/α,β-unsaturated/α-hetero) is 1.